The van der Waals surface area contributed by atoms with Gasteiger partial charge in [-0.2, -0.15) is 12.6 Å². The summed E-state index contributed by atoms with van der Waals surface area (Å²) in [6.45, 7) is 2.83. The van der Waals surface area contributed by atoms with Crippen molar-refractivity contribution in [2.75, 3.05) is 40.6 Å². The molecule has 4 nitrogen and oxygen atoms in total. The van der Waals surface area contributed by atoms with Crippen molar-refractivity contribution in [3.05, 3.63) is 42.0 Å². The zero-order valence-corrected chi connectivity index (χ0v) is 18.0. The van der Waals surface area contributed by atoms with Crippen molar-refractivity contribution in [3.8, 4) is 5.75 Å². The van der Waals surface area contributed by atoms with Crippen molar-refractivity contribution in [1.29, 1.82) is 0 Å². The summed E-state index contributed by atoms with van der Waals surface area (Å²) < 4.78 is 6.16. The Kier molecular flexibility index (Phi) is 10.2. The molecule has 1 N–H and O–H groups in total. The number of benzene rings is 2. The Bertz CT molecular complexity index is 686. The smallest absolute Gasteiger partial charge is 0.310 e. The zero-order chi connectivity index (χ0) is 18.3. The topological polar surface area (TPSA) is 46.5 Å². The Balaban J connectivity index is 0.000000620. The van der Waals surface area contributed by atoms with Crippen LogP contribution in [0.5, 0.6) is 5.75 Å². The predicted octanol–water partition coefficient (Wildman–Crippen LogP) is 0.663. The monoisotopic (exact) mass is 429 g/mol. The maximum absolute atomic E-state index is 10.9. The molecule has 0 aliphatic carbocycles. The summed E-state index contributed by atoms with van der Waals surface area (Å²) in [5, 5.41) is 11.0. The van der Waals surface area contributed by atoms with E-state index >= 15 is 0 Å². The van der Waals surface area contributed by atoms with Gasteiger partial charge < -0.3 is 31.3 Å². The second-order valence-electron chi connectivity index (χ2n) is 6.77. The highest BCUT2D eigenvalue weighted by molar-refractivity contribution is 7.80. The molecule has 0 spiro atoms. The van der Waals surface area contributed by atoms with Crippen LogP contribution in [0.4, 0.5) is 0 Å². The lowest BCUT2D eigenvalue weighted by Crippen LogP contribution is -3.00. The van der Waals surface area contributed by atoms with Crippen molar-refractivity contribution in [2.24, 2.45) is 0 Å². The first kappa shape index (κ1) is 23.8. The average molecular weight is 430 g/mol. The van der Waals surface area contributed by atoms with Gasteiger partial charge in [0.2, 0.25) is 0 Å². The van der Waals surface area contributed by atoms with Crippen LogP contribution in [0.15, 0.2) is 36.4 Å². The van der Waals surface area contributed by atoms with Crippen LogP contribution in [0.2, 0.25) is 0 Å². The lowest BCUT2D eigenvalue weighted by Gasteiger charge is -2.22. The third-order valence-electron chi connectivity index (χ3n) is 3.71. The van der Waals surface area contributed by atoms with Crippen LogP contribution in [0.25, 0.3) is 10.8 Å². The van der Waals surface area contributed by atoms with E-state index in [1.165, 1.54) is 0 Å². The quantitative estimate of drug-likeness (QED) is 0.542. The maximum Gasteiger partial charge on any atom is 0.310 e. The highest BCUT2D eigenvalue weighted by atomic mass is 79.9. The van der Waals surface area contributed by atoms with E-state index in [1.807, 2.05) is 36.4 Å². The third-order valence-corrected chi connectivity index (χ3v) is 3.91. The van der Waals surface area contributed by atoms with Crippen molar-refractivity contribution >= 4 is 29.4 Å². The minimum absolute atomic E-state index is 0. The zero-order valence-electron chi connectivity index (χ0n) is 15.5. The molecule has 2 rings (SSSR count). The summed E-state index contributed by atoms with van der Waals surface area (Å²) in [6, 6.07) is 11.4. The van der Waals surface area contributed by atoms with Gasteiger partial charge in [0.1, 0.15) is 5.75 Å². The summed E-state index contributed by atoms with van der Waals surface area (Å²) in [4.78, 5) is 10.9. The number of methoxy groups -OCH3 is 1. The summed E-state index contributed by atoms with van der Waals surface area (Å²) in [7, 11) is 8.12. The number of hydrogen-bond donors (Lipinski definition) is 2. The largest absolute Gasteiger partial charge is 1.00 e. The van der Waals surface area contributed by atoms with E-state index in [4.69, 9.17) is 9.84 Å². The number of ether oxygens (including phenoxy) is 1. The SMILES string of the molecule is COc1ccc2cc([C@H](C)C(=O)O)ccc2c1.C[N+](C)(C)CCS.[Br-]. The summed E-state index contributed by atoms with van der Waals surface area (Å²) in [5.41, 5.74) is 0.815. The van der Waals surface area contributed by atoms with Crippen molar-refractivity contribution in [3.63, 3.8) is 0 Å². The average Bonchev–Trinajstić information content (AvgIpc) is 2.52. The van der Waals surface area contributed by atoms with E-state index in [9.17, 15) is 4.79 Å². The van der Waals surface area contributed by atoms with Crippen LogP contribution in [-0.4, -0.2) is 56.1 Å². The minimum atomic E-state index is -0.808. The van der Waals surface area contributed by atoms with E-state index in [2.05, 4.69) is 33.8 Å². The number of carbonyl (C=O) groups is 1. The maximum atomic E-state index is 10.9. The molecule has 0 aromatic heterocycles. The molecule has 0 heterocycles. The number of hydrogen-bond acceptors (Lipinski definition) is 3. The first-order valence-corrected chi connectivity index (χ1v) is 8.53. The van der Waals surface area contributed by atoms with Crippen molar-refractivity contribution in [2.45, 2.75) is 12.8 Å². The molecule has 0 fully saturated rings. The van der Waals surface area contributed by atoms with Crippen LogP contribution in [0.3, 0.4) is 0 Å². The number of carboxylic acid groups (broad SMARTS) is 1. The molecule has 0 saturated carbocycles. The van der Waals surface area contributed by atoms with Crippen LogP contribution in [0.1, 0.15) is 18.4 Å². The second kappa shape index (κ2) is 10.7. The molecule has 2 aromatic carbocycles. The van der Waals surface area contributed by atoms with Gasteiger partial charge in [0.05, 0.1) is 40.7 Å². The molecule has 0 radical (unpaired) electrons. The van der Waals surface area contributed by atoms with Crippen LogP contribution in [-0.2, 0) is 4.79 Å². The summed E-state index contributed by atoms with van der Waals surface area (Å²) >= 11 is 4.10. The van der Waals surface area contributed by atoms with Gasteiger partial charge in [0.25, 0.3) is 0 Å². The fraction of sp³-hybridized carbons (Fsp3) is 0.421. The van der Waals surface area contributed by atoms with E-state index in [1.54, 1.807) is 14.0 Å². The molecule has 1 atom stereocenters. The van der Waals surface area contributed by atoms with Crippen LogP contribution < -0.4 is 21.7 Å². The van der Waals surface area contributed by atoms with Gasteiger partial charge in [-0.15, -0.1) is 0 Å². The standard InChI is InChI=1S/C14H14O3.C5H13NS.BrH/c1-9(14(15)16)10-3-4-12-8-13(17-2)6-5-11(12)7-10;1-6(2,3)4-5-7;/h3-9H,1-2H3,(H,15,16);4-5H2,1-3H3;1H/t9-;;/m0../s1. The predicted molar refractivity (Wildman–Crippen MR) is 103 cm³/mol. The normalized spacial score (nSPS) is 11.8. The number of halogens is 1. The molecule has 0 bridgehead atoms. The fourth-order valence-corrected chi connectivity index (χ4v) is 2.68. The molecule has 0 aliphatic heterocycles. The molecule has 0 amide bonds. The van der Waals surface area contributed by atoms with Gasteiger partial charge in [-0.3, -0.25) is 4.79 Å². The lowest BCUT2D eigenvalue weighted by atomic mass is 9.98. The van der Waals surface area contributed by atoms with Crippen molar-refractivity contribution in [1.82, 2.24) is 0 Å². The fourth-order valence-electron chi connectivity index (χ4n) is 2.08. The van der Waals surface area contributed by atoms with Gasteiger partial charge in [0, 0.05) is 5.75 Å². The van der Waals surface area contributed by atoms with Gasteiger partial charge >= 0.3 is 5.97 Å². The number of thiol groups is 1. The van der Waals surface area contributed by atoms with Crippen LogP contribution >= 0.6 is 12.6 Å². The Morgan fingerprint density at radius 3 is 2.16 bits per heavy atom. The number of fused-ring (bicyclic) bond motifs is 1. The summed E-state index contributed by atoms with van der Waals surface area (Å²) in [6.07, 6.45) is 0. The Morgan fingerprint density at radius 2 is 1.72 bits per heavy atom. The molecule has 2 aromatic rings. The first-order valence-electron chi connectivity index (χ1n) is 7.89. The number of carboxylic acids is 1. The molecule has 0 unspecified atom stereocenters. The van der Waals surface area contributed by atoms with Gasteiger partial charge in [0.15, 0.2) is 0 Å². The number of quaternary nitrogens is 1. The van der Waals surface area contributed by atoms with Gasteiger partial charge in [-0.1, -0.05) is 24.3 Å². The Morgan fingerprint density at radius 1 is 1.16 bits per heavy atom. The Labute approximate surface area is 166 Å². The highest BCUT2D eigenvalue weighted by Crippen LogP contribution is 2.25. The molecular weight excluding hydrogens is 402 g/mol. The first-order chi connectivity index (χ1) is 11.2. The van der Waals surface area contributed by atoms with E-state index in [0.29, 0.717) is 0 Å². The number of rotatable bonds is 5. The highest BCUT2D eigenvalue weighted by Gasteiger charge is 2.13. The van der Waals surface area contributed by atoms with Crippen molar-refractivity contribution < 1.29 is 36.1 Å². The van der Waals surface area contributed by atoms with Gasteiger partial charge in [-0.05, 0) is 35.4 Å². The lowest BCUT2D eigenvalue weighted by molar-refractivity contribution is -0.867. The molecule has 0 saturated heterocycles. The van der Waals surface area contributed by atoms with E-state index in [-0.39, 0.29) is 17.0 Å². The van der Waals surface area contributed by atoms with E-state index < -0.39 is 11.9 Å². The Hall–Kier alpha value is -1.24. The molecule has 25 heavy (non-hydrogen) atoms. The third kappa shape index (κ3) is 8.12. The number of aliphatic carboxylic acids is 1. The van der Waals surface area contributed by atoms with Gasteiger partial charge in [-0.25, -0.2) is 0 Å². The molecular formula is C19H28BrNO3S. The second-order valence-corrected chi connectivity index (χ2v) is 7.22. The molecule has 0 aliphatic rings. The minimum Gasteiger partial charge on any atom is -1.00 e. The number of nitrogens with zero attached hydrogens (tertiary/aromatic N) is 1. The molecule has 6 heteroatoms. The summed E-state index contributed by atoms with van der Waals surface area (Å²) in [5.74, 6) is 0.486. The van der Waals surface area contributed by atoms with E-state index in [0.717, 1.165) is 38.9 Å². The van der Waals surface area contributed by atoms with Crippen LogP contribution in [0, 0.1) is 0 Å². The molecule has 140 valence electrons.